The van der Waals surface area contributed by atoms with Gasteiger partial charge in [0.2, 0.25) is 0 Å². The predicted molar refractivity (Wildman–Crippen MR) is 107 cm³/mol. The van der Waals surface area contributed by atoms with Crippen LogP contribution in [0.5, 0.6) is 0 Å². The summed E-state index contributed by atoms with van der Waals surface area (Å²) in [6.07, 6.45) is 7.58. The summed E-state index contributed by atoms with van der Waals surface area (Å²) >= 11 is 12.2. The van der Waals surface area contributed by atoms with Gasteiger partial charge in [-0.05, 0) is 37.8 Å². The van der Waals surface area contributed by atoms with Crippen LogP contribution in [0.1, 0.15) is 64.2 Å². The smallest absolute Gasteiger partial charge is 0.263 e. The lowest BCUT2D eigenvalue weighted by Crippen LogP contribution is -2.22. The van der Waals surface area contributed by atoms with Crippen molar-refractivity contribution in [1.29, 1.82) is 0 Å². The van der Waals surface area contributed by atoms with Crippen molar-refractivity contribution in [2.24, 2.45) is 0 Å². The monoisotopic (exact) mass is 470 g/mol. The van der Waals surface area contributed by atoms with Crippen molar-refractivity contribution < 1.29 is 25.2 Å². The Morgan fingerprint density at radius 3 is 1.29 bits per heavy atom. The molecule has 0 saturated heterocycles. The molecule has 3 rings (SSSR count). The van der Waals surface area contributed by atoms with E-state index in [-0.39, 0.29) is 19.8 Å². The Morgan fingerprint density at radius 1 is 0.643 bits per heavy atom. The Morgan fingerprint density at radius 2 is 0.964 bits per heavy atom. The molecule has 0 unspecified atom stereocenters. The second-order valence-electron chi connectivity index (χ2n) is 7.33. The number of rotatable bonds is 6. The molecule has 0 atom stereocenters. The predicted octanol–water partition coefficient (Wildman–Crippen LogP) is 5.07. The van der Waals surface area contributed by atoms with Crippen molar-refractivity contribution in [1.82, 2.24) is 0 Å². The zero-order valence-electron chi connectivity index (χ0n) is 15.4. The highest BCUT2D eigenvalue weighted by atomic mass is 35.5. The molecule has 6 nitrogen and oxygen atoms in total. The number of benzene rings is 1. The van der Waals surface area contributed by atoms with Crippen LogP contribution >= 0.6 is 23.2 Å². The van der Waals surface area contributed by atoms with Gasteiger partial charge in [-0.25, -0.2) is 0 Å². The van der Waals surface area contributed by atoms with E-state index in [4.69, 9.17) is 31.6 Å². The topological polar surface area (TPSA) is 86.7 Å². The zero-order valence-corrected chi connectivity index (χ0v) is 18.5. The van der Waals surface area contributed by atoms with Gasteiger partial charge >= 0.3 is 0 Å². The van der Waals surface area contributed by atoms with Gasteiger partial charge in [-0.1, -0.05) is 61.7 Å². The van der Waals surface area contributed by atoms with E-state index < -0.39 is 32.4 Å². The van der Waals surface area contributed by atoms with Gasteiger partial charge in [-0.3, -0.25) is 8.37 Å². The summed E-state index contributed by atoms with van der Waals surface area (Å²) in [6, 6.07) is 2.05. The molecular weight excluding hydrogens is 447 g/mol. The Labute approximate surface area is 176 Å². The first-order valence-electron chi connectivity index (χ1n) is 9.55. The Hall–Kier alpha value is -0.380. The van der Waals surface area contributed by atoms with Crippen molar-refractivity contribution in [2.75, 3.05) is 0 Å². The Kier molecular flexibility index (Phi) is 7.32. The third-order valence-electron chi connectivity index (χ3n) is 5.16. The molecule has 0 spiro atoms. The second-order valence-corrected chi connectivity index (χ2v) is 11.2. The molecule has 2 aliphatic rings. The highest BCUT2D eigenvalue weighted by Crippen LogP contribution is 2.35. The van der Waals surface area contributed by atoms with Gasteiger partial charge in [-0.15, -0.1) is 0 Å². The van der Waals surface area contributed by atoms with E-state index in [1.807, 2.05) is 0 Å². The molecule has 0 N–H and O–H groups in total. The van der Waals surface area contributed by atoms with Gasteiger partial charge in [0.15, 0.2) is 0 Å². The summed E-state index contributed by atoms with van der Waals surface area (Å²) in [7, 11) is -8.31. The van der Waals surface area contributed by atoms with Crippen molar-refractivity contribution in [3.05, 3.63) is 22.2 Å². The summed E-state index contributed by atoms with van der Waals surface area (Å²) in [5, 5.41) is -0.517. The average Bonchev–Trinajstić information content (AvgIpc) is 2.64. The Balaban J connectivity index is 1.83. The van der Waals surface area contributed by atoms with Gasteiger partial charge in [0, 0.05) is 0 Å². The van der Waals surface area contributed by atoms with Gasteiger partial charge in [0.1, 0.15) is 9.79 Å². The minimum absolute atomic E-state index is 0.258. The van der Waals surface area contributed by atoms with Crippen LogP contribution < -0.4 is 0 Å². The normalized spacial score (nSPS) is 20.4. The molecule has 0 heterocycles. The van der Waals surface area contributed by atoms with Crippen LogP contribution in [0.3, 0.4) is 0 Å². The molecule has 1 aromatic rings. The van der Waals surface area contributed by atoms with Crippen molar-refractivity contribution in [3.8, 4) is 0 Å². The summed E-state index contributed by atoms with van der Waals surface area (Å²) in [6.45, 7) is 0. The second kappa shape index (κ2) is 9.18. The van der Waals surface area contributed by atoms with E-state index >= 15 is 0 Å². The third-order valence-corrected chi connectivity index (χ3v) is 8.81. The first-order valence-corrected chi connectivity index (χ1v) is 13.1. The Bertz CT molecular complexity index is 826. The van der Waals surface area contributed by atoms with E-state index in [1.54, 1.807) is 0 Å². The van der Waals surface area contributed by atoms with Gasteiger partial charge in [0.05, 0.1) is 22.3 Å². The minimum atomic E-state index is -4.15. The van der Waals surface area contributed by atoms with E-state index in [1.165, 1.54) is 0 Å². The lowest BCUT2D eigenvalue weighted by Gasteiger charge is -2.22. The average molecular weight is 471 g/mol. The fourth-order valence-corrected chi connectivity index (χ4v) is 7.13. The lowest BCUT2D eigenvalue weighted by molar-refractivity contribution is 0.161. The van der Waals surface area contributed by atoms with Crippen molar-refractivity contribution in [3.63, 3.8) is 0 Å². The summed E-state index contributed by atoms with van der Waals surface area (Å²) in [4.78, 5) is -0.664. The van der Waals surface area contributed by atoms with Gasteiger partial charge < -0.3 is 0 Å². The maximum Gasteiger partial charge on any atom is 0.298 e. The molecule has 0 aromatic heterocycles. The van der Waals surface area contributed by atoms with Crippen LogP contribution in [0.2, 0.25) is 10.0 Å². The third kappa shape index (κ3) is 5.40. The maximum absolute atomic E-state index is 12.6. The largest absolute Gasteiger partial charge is 0.298 e. The van der Waals surface area contributed by atoms with Gasteiger partial charge in [0.25, 0.3) is 20.2 Å². The number of hydrogen-bond donors (Lipinski definition) is 0. The summed E-state index contributed by atoms with van der Waals surface area (Å²) in [5.74, 6) is 0. The molecule has 2 fully saturated rings. The van der Waals surface area contributed by atoms with Crippen LogP contribution in [-0.2, 0) is 28.6 Å². The standard InChI is InChI=1S/C18H24Cl2O6S2/c19-15-12-18(28(23,24)26-14-9-5-2-6-10-14)16(20)11-17(15)27(21,22)25-13-7-3-1-4-8-13/h11-14H,1-10H2. The molecule has 0 radical (unpaired) electrons. The molecule has 28 heavy (non-hydrogen) atoms. The van der Waals surface area contributed by atoms with Crippen LogP contribution in [0.25, 0.3) is 0 Å². The van der Waals surface area contributed by atoms with Crippen LogP contribution in [-0.4, -0.2) is 29.0 Å². The first-order chi connectivity index (χ1) is 13.2. The van der Waals surface area contributed by atoms with Crippen molar-refractivity contribution >= 4 is 43.4 Å². The fraction of sp³-hybridized carbons (Fsp3) is 0.667. The SMILES string of the molecule is O=S(=O)(OC1CCCCC1)c1cc(Cl)c(S(=O)(=O)OC2CCCCC2)cc1Cl. The molecular formula is C18H24Cl2O6S2. The molecule has 10 heteroatoms. The quantitative estimate of drug-likeness (QED) is 0.539. The van der Waals surface area contributed by atoms with E-state index in [9.17, 15) is 16.8 Å². The molecule has 0 aliphatic heterocycles. The highest BCUT2D eigenvalue weighted by Gasteiger charge is 2.30. The molecule has 2 saturated carbocycles. The van der Waals surface area contributed by atoms with Crippen molar-refractivity contribution in [2.45, 2.75) is 86.2 Å². The summed E-state index contributed by atoms with van der Waals surface area (Å²) < 4.78 is 61.0. The minimum Gasteiger partial charge on any atom is -0.263 e. The van der Waals surface area contributed by atoms with Crippen LogP contribution in [0.4, 0.5) is 0 Å². The first kappa shape index (κ1) is 22.3. The van der Waals surface area contributed by atoms with Gasteiger partial charge in [-0.2, -0.15) is 16.8 Å². The number of hydrogen-bond acceptors (Lipinski definition) is 6. The molecule has 0 bridgehead atoms. The highest BCUT2D eigenvalue weighted by molar-refractivity contribution is 7.87. The maximum atomic E-state index is 12.6. The molecule has 1 aromatic carbocycles. The lowest BCUT2D eigenvalue weighted by atomic mass is 9.98. The molecule has 158 valence electrons. The van der Waals surface area contributed by atoms with E-state index in [0.29, 0.717) is 25.7 Å². The molecule has 0 amide bonds. The zero-order chi connectivity index (χ0) is 20.4. The molecule has 2 aliphatic carbocycles. The number of halogens is 2. The van der Waals surface area contributed by atoms with Crippen LogP contribution in [0.15, 0.2) is 21.9 Å². The van der Waals surface area contributed by atoms with E-state index in [2.05, 4.69) is 0 Å². The fourth-order valence-electron chi connectivity index (χ4n) is 3.68. The van der Waals surface area contributed by atoms with Crippen LogP contribution in [0, 0.1) is 0 Å². The van der Waals surface area contributed by atoms with E-state index in [0.717, 1.165) is 50.7 Å². The summed E-state index contributed by atoms with van der Waals surface area (Å²) in [5.41, 5.74) is 0.